The number of carboxylic acids is 1. The number of amides is 1. The molecule has 0 saturated carbocycles. The highest BCUT2D eigenvalue weighted by Crippen LogP contribution is 2.40. The number of fused-ring (bicyclic) bond motifs is 2. The molecule has 192 valence electrons. The number of carbonyl (C=O) groups excluding carboxylic acids is 1. The minimum Gasteiger partial charge on any atom is -0.496 e. The number of halogens is 2. The summed E-state index contributed by atoms with van der Waals surface area (Å²) in [6.07, 6.45) is 1.02. The van der Waals surface area contributed by atoms with Crippen molar-refractivity contribution < 1.29 is 33.0 Å². The lowest BCUT2D eigenvalue weighted by Crippen LogP contribution is -2.37. The molecule has 5 rings (SSSR count). The van der Waals surface area contributed by atoms with E-state index in [2.05, 4.69) is 0 Å². The predicted molar refractivity (Wildman–Crippen MR) is 133 cm³/mol. The molecule has 0 spiro atoms. The lowest BCUT2D eigenvalue weighted by atomic mass is 9.87. The van der Waals surface area contributed by atoms with Crippen LogP contribution in [0, 0.1) is 11.6 Å². The summed E-state index contributed by atoms with van der Waals surface area (Å²) in [7, 11) is 1.52. The van der Waals surface area contributed by atoms with Gasteiger partial charge in [-0.2, -0.15) is 0 Å². The van der Waals surface area contributed by atoms with E-state index in [1.165, 1.54) is 19.2 Å². The molecule has 1 atom stereocenters. The molecule has 2 aliphatic rings. The van der Waals surface area contributed by atoms with Gasteiger partial charge in [-0.25, -0.2) is 8.78 Å². The molecule has 37 heavy (non-hydrogen) atoms. The molecule has 1 unspecified atom stereocenters. The molecule has 2 aliphatic heterocycles. The number of carbonyl (C=O) groups is 2. The van der Waals surface area contributed by atoms with Gasteiger partial charge in [0.05, 0.1) is 20.1 Å². The zero-order chi connectivity index (χ0) is 26.1. The van der Waals surface area contributed by atoms with Crippen LogP contribution in [0.2, 0.25) is 0 Å². The number of hydrogen-bond donors (Lipinski definition) is 1. The molecule has 6 nitrogen and oxygen atoms in total. The SMILES string of the molecule is COc1ccc(CC(=O)O)cc1-c1ccc(F)c2c1CN(C(=O)CC1CCOc3c(F)cccc31)CC2. The Morgan fingerprint density at radius 1 is 1.08 bits per heavy atom. The highest BCUT2D eigenvalue weighted by molar-refractivity contribution is 5.80. The van der Waals surface area contributed by atoms with Crippen molar-refractivity contribution in [1.29, 1.82) is 0 Å². The van der Waals surface area contributed by atoms with Gasteiger partial charge >= 0.3 is 5.97 Å². The topological polar surface area (TPSA) is 76.1 Å². The molecular weight excluding hydrogens is 480 g/mol. The van der Waals surface area contributed by atoms with Crippen LogP contribution in [0.1, 0.15) is 41.0 Å². The van der Waals surface area contributed by atoms with E-state index in [1.54, 1.807) is 41.3 Å². The van der Waals surface area contributed by atoms with Crippen molar-refractivity contribution in [3.63, 3.8) is 0 Å². The lowest BCUT2D eigenvalue weighted by molar-refractivity contribution is -0.136. The molecule has 0 aliphatic carbocycles. The van der Waals surface area contributed by atoms with Crippen LogP contribution in [0.4, 0.5) is 8.78 Å². The number of hydrogen-bond acceptors (Lipinski definition) is 4. The highest BCUT2D eigenvalue weighted by Gasteiger charge is 2.31. The van der Waals surface area contributed by atoms with Crippen LogP contribution >= 0.6 is 0 Å². The van der Waals surface area contributed by atoms with Crippen molar-refractivity contribution in [3.05, 3.63) is 82.4 Å². The number of methoxy groups -OCH3 is 1. The first-order valence-corrected chi connectivity index (χ1v) is 12.2. The van der Waals surface area contributed by atoms with E-state index in [4.69, 9.17) is 9.47 Å². The maximum absolute atomic E-state index is 14.8. The van der Waals surface area contributed by atoms with E-state index in [0.717, 1.165) is 0 Å². The molecule has 0 fully saturated rings. The average molecular weight is 508 g/mol. The first-order chi connectivity index (χ1) is 17.9. The summed E-state index contributed by atoms with van der Waals surface area (Å²) in [6, 6.07) is 13.0. The molecule has 0 radical (unpaired) electrons. The number of para-hydroxylation sites is 1. The van der Waals surface area contributed by atoms with Crippen molar-refractivity contribution in [2.75, 3.05) is 20.3 Å². The molecular formula is C29H27F2NO5. The Bertz CT molecular complexity index is 1370. The van der Waals surface area contributed by atoms with Crippen LogP contribution in [0.3, 0.4) is 0 Å². The summed E-state index contributed by atoms with van der Waals surface area (Å²) >= 11 is 0. The van der Waals surface area contributed by atoms with Crippen LogP contribution in [0.25, 0.3) is 11.1 Å². The second-order valence-electron chi connectivity index (χ2n) is 9.42. The summed E-state index contributed by atoms with van der Waals surface area (Å²) in [6.45, 7) is 0.935. The zero-order valence-corrected chi connectivity index (χ0v) is 20.4. The maximum Gasteiger partial charge on any atom is 0.307 e. The lowest BCUT2D eigenvalue weighted by Gasteiger charge is -2.33. The molecule has 1 N–H and O–H groups in total. The van der Waals surface area contributed by atoms with E-state index in [-0.39, 0.29) is 42.8 Å². The second kappa shape index (κ2) is 10.2. The van der Waals surface area contributed by atoms with Crippen molar-refractivity contribution in [2.45, 2.75) is 38.1 Å². The number of aliphatic carboxylic acids is 1. The van der Waals surface area contributed by atoms with Gasteiger partial charge in [0.15, 0.2) is 11.6 Å². The summed E-state index contributed by atoms with van der Waals surface area (Å²) in [5.41, 5.74) is 3.88. The molecule has 8 heteroatoms. The Morgan fingerprint density at radius 3 is 2.70 bits per heavy atom. The van der Waals surface area contributed by atoms with Crippen LogP contribution < -0.4 is 9.47 Å². The van der Waals surface area contributed by atoms with E-state index in [9.17, 15) is 23.5 Å². The molecule has 2 heterocycles. The monoisotopic (exact) mass is 507 g/mol. The third-order valence-electron chi connectivity index (χ3n) is 7.19. The summed E-state index contributed by atoms with van der Waals surface area (Å²) < 4.78 is 40.1. The van der Waals surface area contributed by atoms with Crippen LogP contribution in [-0.2, 0) is 29.0 Å². The largest absolute Gasteiger partial charge is 0.496 e. The number of benzene rings is 3. The van der Waals surface area contributed by atoms with Gasteiger partial charge in [0.2, 0.25) is 5.91 Å². The molecule has 3 aromatic carbocycles. The molecule has 0 bridgehead atoms. The number of carboxylic acid groups (broad SMARTS) is 1. The van der Waals surface area contributed by atoms with Crippen molar-refractivity contribution in [1.82, 2.24) is 4.90 Å². The minimum atomic E-state index is -0.955. The van der Waals surface area contributed by atoms with E-state index >= 15 is 0 Å². The average Bonchev–Trinajstić information content (AvgIpc) is 2.89. The van der Waals surface area contributed by atoms with E-state index in [1.807, 2.05) is 0 Å². The van der Waals surface area contributed by atoms with Gasteiger partial charge < -0.3 is 19.5 Å². The third kappa shape index (κ3) is 4.88. The minimum absolute atomic E-state index is 0.0884. The smallest absolute Gasteiger partial charge is 0.307 e. The Morgan fingerprint density at radius 2 is 1.92 bits per heavy atom. The van der Waals surface area contributed by atoms with Gasteiger partial charge in [-0.15, -0.1) is 0 Å². The fourth-order valence-electron chi connectivity index (χ4n) is 5.36. The van der Waals surface area contributed by atoms with Gasteiger partial charge in [0, 0.05) is 30.6 Å². The first-order valence-electron chi connectivity index (χ1n) is 12.2. The van der Waals surface area contributed by atoms with Crippen molar-refractivity contribution >= 4 is 11.9 Å². The quantitative estimate of drug-likeness (QED) is 0.502. The van der Waals surface area contributed by atoms with Crippen LogP contribution in [0.5, 0.6) is 11.5 Å². The van der Waals surface area contributed by atoms with Crippen LogP contribution in [-0.4, -0.2) is 42.1 Å². The van der Waals surface area contributed by atoms with Crippen molar-refractivity contribution in [3.8, 4) is 22.6 Å². The zero-order valence-electron chi connectivity index (χ0n) is 20.4. The highest BCUT2D eigenvalue weighted by atomic mass is 19.1. The van der Waals surface area contributed by atoms with Gasteiger partial charge in [0.1, 0.15) is 11.6 Å². The summed E-state index contributed by atoms with van der Waals surface area (Å²) in [5, 5.41) is 9.24. The normalized spacial score (nSPS) is 16.4. The Kier molecular flexibility index (Phi) is 6.82. The van der Waals surface area contributed by atoms with Gasteiger partial charge in [-0.1, -0.05) is 24.3 Å². The number of ether oxygens (including phenoxy) is 2. The first kappa shape index (κ1) is 24.7. The number of nitrogens with zero attached hydrogens (tertiary/aromatic N) is 1. The number of rotatable bonds is 6. The summed E-state index contributed by atoms with van der Waals surface area (Å²) in [5.74, 6) is -1.21. The van der Waals surface area contributed by atoms with Gasteiger partial charge in [-0.3, -0.25) is 9.59 Å². The standard InChI is InChI=1S/C29H27F2NO5/c1-36-26-8-5-17(14-28(34)35)13-22(26)20-6-7-24(30)21-9-11-32(16-23(20)21)27(33)15-18-10-12-37-29-19(18)3-2-4-25(29)31/h2-8,13,18H,9-12,14-16H2,1H3,(H,34,35). The van der Waals surface area contributed by atoms with Crippen LogP contribution in [0.15, 0.2) is 48.5 Å². The van der Waals surface area contributed by atoms with Crippen molar-refractivity contribution in [2.24, 2.45) is 0 Å². The van der Waals surface area contributed by atoms with E-state index < -0.39 is 11.8 Å². The molecule has 0 aromatic heterocycles. The second-order valence-corrected chi connectivity index (χ2v) is 9.42. The fourth-order valence-corrected chi connectivity index (χ4v) is 5.36. The van der Waals surface area contributed by atoms with Gasteiger partial charge in [0.25, 0.3) is 0 Å². The Labute approximate surface area is 213 Å². The molecule has 3 aromatic rings. The molecule has 1 amide bonds. The van der Waals surface area contributed by atoms with Gasteiger partial charge in [-0.05, 0) is 65.3 Å². The Hall–Kier alpha value is -3.94. The predicted octanol–water partition coefficient (Wildman–Crippen LogP) is 5.11. The Balaban J connectivity index is 1.45. The molecule has 0 saturated heterocycles. The van der Waals surface area contributed by atoms with E-state index in [0.29, 0.717) is 65.1 Å². The fraction of sp³-hybridized carbons (Fsp3) is 0.310. The summed E-state index contributed by atoms with van der Waals surface area (Å²) in [4.78, 5) is 26.4. The maximum atomic E-state index is 14.8. The third-order valence-corrected chi connectivity index (χ3v) is 7.19.